The van der Waals surface area contributed by atoms with Gasteiger partial charge in [0.1, 0.15) is 17.2 Å². The minimum Gasteiger partial charge on any atom is -0.508 e. The van der Waals surface area contributed by atoms with Gasteiger partial charge in [0.2, 0.25) is 0 Å². The molecule has 0 bridgehead atoms. The van der Waals surface area contributed by atoms with Gasteiger partial charge in [-0.2, -0.15) is 5.10 Å². The number of hydrazone groups is 1. The number of benzene rings is 3. The summed E-state index contributed by atoms with van der Waals surface area (Å²) in [5, 5.41) is 26.4. The van der Waals surface area contributed by atoms with E-state index >= 15 is 0 Å². The molecular formula is C21H21N3O3. The molecule has 0 saturated heterocycles. The highest BCUT2D eigenvalue weighted by Gasteiger charge is 2.00. The first-order chi connectivity index (χ1) is 13.1. The summed E-state index contributed by atoms with van der Waals surface area (Å²) >= 11 is 0. The highest BCUT2D eigenvalue weighted by atomic mass is 16.5. The van der Waals surface area contributed by atoms with Gasteiger partial charge in [-0.15, -0.1) is 0 Å². The highest BCUT2D eigenvalue weighted by molar-refractivity contribution is 5.84. The normalized spacial score (nSPS) is 10.7. The predicted octanol–water partition coefficient (Wildman–Crippen LogP) is 4.69. The maximum absolute atomic E-state index is 9.72. The Labute approximate surface area is 157 Å². The molecule has 0 amide bonds. The van der Waals surface area contributed by atoms with Crippen molar-refractivity contribution >= 4 is 23.3 Å². The van der Waals surface area contributed by atoms with Crippen LogP contribution >= 0.6 is 0 Å². The quantitative estimate of drug-likeness (QED) is 0.361. The van der Waals surface area contributed by atoms with Gasteiger partial charge in [0, 0.05) is 23.0 Å². The molecule has 0 aliphatic rings. The monoisotopic (exact) mass is 363 g/mol. The summed E-state index contributed by atoms with van der Waals surface area (Å²) in [7, 11) is 0. The molecule has 0 saturated carbocycles. The number of anilines is 3. The van der Waals surface area contributed by atoms with Crippen LogP contribution in [0.25, 0.3) is 0 Å². The zero-order valence-electron chi connectivity index (χ0n) is 14.9. The topological polar surface area (TPSA) is 86.1 Å². The van der Waals surface area contributed by atoms with E-state index in [1.165, 1.54) is 18.3 Å². The second kappa shape index (κ2) is 8.62. The molecule has 0 radical (unpaired) electrons. The fourth-order valence-electron chi connectivity index (χ4n) is 2.41. The summed E-state index contributed by atoms with van der Waals surface area (Å²) in [5.74, 6) is 0.823. The van der Waals surface area contributed by atoms with Gasteiger partial charge in [0.05, 0.1) is 18.5 Å². The summed E-state index contributed by atoms with van der Waals surface area (Å²) in [4.78, 5) is 0. The molecule has 27 heavy (non-hydrogen) atoms. The van der Waals surface area contributed by atoms with Gasteiger partial charge in [-0.05, 0) is 67.6 Å². The molecule has 3 rings (SSSR count). The van der Waals surface area contributed by atoms with Crippen molar-refractivity contribution in [3.63, 3.8) is 0 Å². The molecule has 4 N–H and O–H groups in total. The molecule has 0 atom stereocenters. The van der Waals surface area contributed by atoms with Crippen molar-refractivity contribution in [3.05, 3.63) is 72.3 Å². The third-order valence-electron chi connectivity index (χ3n) is 3.75. The number of hydrogen-bond donors (Lipinski definition) is 4. The van der Waals surface area contributed by atoms with Gasteiger partial charge >= 0.3 is 0 Å². The smallest absolute Gasteiger partial charge is 0.128 e. The lowest BCUT2D eigenvalue weighted by Gasteiger charge is -2.09. The second-order valence-corrected chi connectivity index (χ2v) is 5.77. The molecule has 6 nitrogen and oxygen atoms in total. The molecule has 138 valence electrons. The van der Waals surface area contributed by atoms with E-state index in [4.69, 9.17) is 4.74 Å². The Kier molecular flexibility index (Phi) is 5.79. The number of phenolic OH excluding ortho intramolecular Hbond substituents is 2. The summed E-state index contributed by atoms with van der Waals surface area (Å²) in [6, 6.07) is 19.8. The Hall–Kier alpha value is -3.67. The number of phenols is 2. The molecular weight excluding hydrogens is 342 g/mol. The van der Waals surface area contributed by atoms with E-state index in [9.17, 15) is 10.2 Å². The van der Waals surface area contributed by atoms with E-state index in [0.29, 0.717) is 12.2 Å². The number of nitrogens with one attached hydrogen (secondary N) is 2. The molecule has 3 aromatic carbocycles. The van der Waals surface area contributed by atoms with Crippen molar-refractivity contribution in [1.82, 2.24) is 0 Å². The van der Waals surface area contributed by atoms with Gasteiger partial charge in [-0.25, -0.2) is 0 Å². The maximum Gasteiger partial charge on any atom is 0.128 e. The van der Waals surface area contributed by atoms with E-state index in [-0.39, 0.29) is 11.5 Å². The van der Waals surface area contributed by atoms with E-state index in [1.54, 1.807) is 6.07 Å². The Morgan fingerprint density at radius 2 is 1.52 bits per heavy atom. The predicted molar refractivity (Wildman–Crippen MR) is 108 cm³/mol. The molecule has 0 unspecified atom stereocenters. The first-order valence-corrected chi connectivity index (χ1v) is 8.55. The molecule has 6 heteroatoms. The molecule has 3 aromatic rings. The van der Waals surface area contributed by atoms with Gasteiger partial charge < -0.3 is 20.3 Å². The number of ether oxygens (including phenoxy) is 1. The van der Waals surface area contributed by atoms with Crippen LogP contribution in [-0.2, 0) is 0 Å². The lowest BCUT2D eigenvalue weighted by molar-refractivity contribution is 0.340. The third kappa shape index (κ3) is 5.15. The van der Waals surface area contributed by atoms with Crippen molar-refractivity contribution in [2.24, 2.45) is 5.10 Å². The van der Waals surface area contributed by atoms with Crippen LogP contribution in [0, 0.1) is 0 Å². The van der Waals surface area contributed by atoms with Crippen LogP contribution in [0.4, 0.5) is 17.1 Å². The first kappa shape index (κ1) is 18.1. The lowest BCUT2D eigenvalue weighted by Crippen LogP contribution is -1.94. The Bertz CT molecular complexity index is 907. The Morgan fingerprint density at radius 3 is 2.15 bits per heavy atom. The van der Waals surface area contributed by atoms with Gasteiger partial charge in [0.25, 0.3) is 0 Å². The SMILES string of the molecule is CCOc1ccc(Nc2ccc(N/N=C\c3ccc(O)cc3O)cc2)cc1. The molecule has 0 aliphatic carbocycles. The van der Waals surface area contributed by atoms with Crippen molar-refractivity contribution in [1.29, 1.82) is 0 Å². The summed E-state index contributed by atoms with van der Waals surface area (Å²) < 4.78 is 5.43. The summed E-state index contributed by atoms with van der Waals surface area (Å²) in [6.07, 6.45) is 1.49. The van der Waals surface area contributed by atoms with Crippen LogP contribution in [-0.4, -0.2) is 23.0 Å². The number of nitrogens with zero attached hydrogens (tertiary/aromatic N) is 1. The van der Waals surface area contributed by atoms with Gasteiger partial charge in [-0.3, -0.25) is 5.43 Å². The number of rotatable bonds is 7. The fourth-order valence-corrected chi connectivity index (χ4v) is 2.41. The van der Waals surface area contributed by atoms with Crippen LogP contribution in [0.5, 0.6) is 17.2 Å². The van der Waals surface area contributed by atoms with E-state index in [1.807, 2.05) is 55.5 Å². The molecule has 0 spiro atoms. The molecule has 0 heterocycles. The average molecular weight is 363 g/mol. The van der Waals surface area contributed by atoms with Crippen LogP contribution in [0.3, 0.4) is 0 Å². The fraction of sp³-hybridized carbons (Fsp3) is 0.0952. The third-order valence-corrected chi connectivity index (χ3v) is 3.75. The van der Waals surface area contributed by atoms with E-state index < -0.39 is 0 Å². The summed E-state index contributed by atoms with van der Waals surface area (Å²) in [6.45, 7) is 2.61. The Morgan fingerprint density at radius 1 is 0.889 bits per heavy atom. The number of aromatic hydroxyl groups is 2. The minimum absolute atomic E-state index is 0.00762. The Balaban J connectivity index is 1.57. The van der Waals surface area contributed by atoms with Crippen molar-refractivity contribution in [2.75, 3.05) is 17.3 Å². The maximum atomic E-state index is 9.72. The van der Waals surface area contributed by atoms with E-state index in [0.717, 1.165) is 22.8 Å². The average Bonchev–Trinajstić information content (AvgIpc) is 2.67. The van der Waals surface area contributed by atoms with Gasteiger partial charge in [0.15, 0.2) is 0 Å². The first-order valence-electron chi connectivity index (χ1n) is 8.55. The summed E-state index contributed by atoms with van der Waals surface area (Å²) in [5.41, 5.74) is 6.14. The highest BCUT2D eigenvalue weighted by Crippen LogP contribution is 2.22. The molecule has 0 aromatic heterocycles. The van der Waals surface area contributed by atoms with Crippen molar-refractivity contribution < 1.29 is 14.9 Å². The lowest BCUT2D eigenvalue weighted by atomic mass is 10.2. The number of hydrogen-bond acceptors (Lipinski definition) is 6. The largest absolute Gasteiger partial charge is 0.508 e. The standard InChI is InChI=1S/C21H21N3O3/c1-2-27-20-11-8-17(9-12-20)23-16-4-6-18(7-5-16)24-22-14-15-3-10-19(25)13-21(15)26/h3-14,23-26H,2H2,1H3/b22-14-. The van der Waals surface area contributed by atoms with Crippen LogP contribution in [0.1, 0.15) is 12.5 Å². The van der Waals surface area contributed by atoms with Crippen molar-refractivity contribution in [3.8, 4) is 17.2 Å². The second-order valence-electron chi connectivity index (χ2n) is 5.77. The van der Waals surface area contributed by atoms with Crippen LogP contribution in [0.15, 0.2) is 71.8 Å². The van der Waals surface area contributed by atoms with Crippen LogP contribution in [0.2, 0.25) is 0 Å². The van der Waals surface area contributed by atoms with E-state index in [2.05, 4.69) is 15.8 Å². The molecule has 0 aliphatic heterocycles. The van der Waals surface area contributed by atoms with Gasteiger partial charge in [-0.1, -0.05) is 0 Å². The van der Waals surface area contributed by atoms with Crippen molar-refractivity contribution in [2.45, 2.75) is 6.92 Å². The zero-order valence-corrected chi connectivity index (χ0v) is 14.9. The minimum atomic E-state index is -0.0320. The zero-order chi connectivity index (χ0) is 19.1. The molecule has 0 fully saturated rings. The van der Waals surface area contributed by atoms with Crippen LogP contribution < -0.4 is 15.5 Å².